The van der Waals surface area contributed by atoms with E-state index in [1.54, 1.807) is 0 Å². The predicted octanol–water partition coefficient (Wildman–Crippen LogP) is 3.75. The van der Waals surface area contributed by atoms with Crippen molar-refractivity contribution in [1.29, 1.82) is 0 Å². The molecule has 0 fully saturated rings. The molecule has 0 saturated heterocycles. The number of amides is 1. The second-order valence-electron chi connectivity index (χ2n) is 5.79. The fourth-order valence-corrected chi connectivity index (χ4v) is 2.66. The molecule has 1 aromatic heterocycles. The van der Waals surface area contributed by atoms with Crippen LogP contribution in [0.1, 0.15) is 39.3 Å². The highest BCUT2D eigenvalue weighted by molar-refractivity contribution is 5.95. The number of carbonyl (C=O) groups is 1. The van der Waals surface area contributed by atoms with E-state index in [0.29, 0.717) is 19.4 Å². The van der Waals surface area contributed by atoms with Crippen molar-refractivity contribution in [2.75, 3.05) is 13.6 Å². The highest BCUT2D eigenvalue weighted by Crippen LogP contribution is 2.32. The number of aromatic nitrogens is 2. The van der Waals surface area contributed by atoms with E-state index in [9.17, 15) is 18.0 Å². The molecule has 1 N–H and O–H groups in total. The van der Waals surface area contributed by atoms with Crippen molar-refractivity contribution in [3.05, 3.63) is 52.3 Å². The number of H-pyrrole nitrogens is 1. The van der Waals surface area contributed by atoms with Crippen molar-refractivity contribution in [3.8, 4) is 0 Å². The van der Waals surface area contributed by atoms with Crippen molar-refractivity contribution in [3.63, 3.8) is 0 Å². The van der Waals surface area contributed by atoms with Gasteiger partial charge in [0, 0.05) is 19.3 Å². The molecule has 2 rings (SSSR count). The summed E-state index contributed by atoms with van der Waals surface area (Å²) < 4.78 is 39.1. The largest absolute Gasteiger partial charge is 0.417 e. The first-order valence-electron chi connectivity index (χ1n) is 7.64. The number of nitrogens with zero attached hydrogens (tertiary/aromatic N) is 2. The maximum absolute atomic E-state index is 13.0. The van der Waals surface area contributed by atoms with Crippen LogP contribution in [0.3, 0.4) is 0 Å². The molecule has 7 heteroatoms. The topological polar surface area (TPSA) is 49.0 Å². The molecule has 130 valence electrons. The molecule has 2 aromatic rings. The summed E-state index contributed by atoms with van der Waals surface area (Å²) in [7, 11) is 1.52. The predicted molar refractivity (Wildman–Crippen MR) is 84.8 cm³/mol. The smallest absolute Gasteiger partial charge is 0.342 e. The Morgan fingerprint density at radius 1 is 1.25 bits per heavy atom. The van der Waals surface area contributed by atoms with Gasteiger partial charge in [-0.1, -0.05) is 12.1 Å². The van der Waals surface area contributed by atoms with Crippen molar-refractivity contribution in [1.82, 2.24) is 15.1 Å². The first-order chi connectivity index (χ1) is 11.2. The molecular weight excluding hydrogens is 319 g/mol. The van der Waals surface area contributed by atoms with E-state index >= 15 is 0 Å². The Labute approximate surface area is 138 Å². The zero-order valence-corrected chi connectivity index (χ0v) is 13.9. The highest BCUT2D eigenvalue weighted by atomic mass is 19.4. The van der Waals surface area contributed by atoms with Crippen LogP contribution in [0.15, 0.2) is 24.3 Å². The second-order valence-corrected chi connectivity index (χ2v) is 5.79. The summed E-state index contributed by atoms with van der Waals surface area (Å²) in [4.78, 5) is 13.7. The van der Waals surface area contributed by atoms with Gasteiger partial charge in [0.15, 0.2) is 0 Å². The first kappa shape index (κ1) is 18.0. The second kappa shape index (κ2) is 7.07. The van der Waals surface area contributed by atoms with E-state index in [4.69, 9.17) is 0 Å². The molecule has 0 aliphatic carbocycles. The molecule has 0 aliphatic rings. The number of aryl methyl sites for hydroxylation is 2. The number of hydrogen-bond acceptors (Lipinski definition) is 2. The number of nitrogens with one attached hydrogen (secondary N) is 1. The molecule has 0 bridgehead atoms. The van der Waals surface area contributed by atoms with Crippen LogP contribution in [0.5, 0.6) is 0 Å². The Morgan fingerprint density at radius 2 is 1.92 bits per heavy atom. The lowest BCUT2D eigenvalue weighted by atomic mass is 10.1. The molecule has 4 nitrogen and oxygen atoms in total. The Morgan fingerprint density at radius 3 is 2.50 bits per heavy atom. The molecule has 24 heavy (non-hydrogen) atoms. The summed E-state index contributed by atoms with van der Waals surface area (Å²) in [6, 6.07) is 4.86. The molecule has 0 radical (unpaired) electrons. The molecular formula is C17H20F3N3O. The average molecular weight is 339 g/mol. The van der Waals surface area contributed by atoms with Crippen LogP contribution in [-0.4, -0.2) is 34.6 Å². The van der Waals surface area contributed by atoms with Crippen molar-refractivity contribution in [2.45, 2.75) is 32.9 Å². The summed E-state index contributed by atoms with van der Waals surface area (Å²) in [5, 5.41) is 7.00. The van der Waals surface area contributed by atoms with E-state index in [-0.39, 0.29) is 5.56 Å². The summed E-state index contributed by atoms with van der Waals surface area (Å²) in [6.07, 6.45) is -3.18. The van der Waals surface area contributed by atoms with Crippen LogP contribution in [0.2, 0.25) is 0 Å². The summed E-state index contributed by atoms with van der Waals surface area (Å²) in [5.41, 5.74) is 1.76. The minimum absolute atomic E-state index is 0.317. The van der Waals surface area contributed by atoms with Gasteiger partial charge in [0.05, 0.1) is 16.8 Å². The lowest BCUT2D eigenvalue weighted by Gasteiger charge is -2.20. The lowest BCUT2D eigenvalue weighted by molar-refractivity contribution is -0.138. The standard InChI is InChI=1S/C17H20F3N3O/c1-11-13(12(2)22-21-11)8-6-10-23(3)16(24)14-7-4-5-9-15(14)17(18,19)20/h4-5,7,9H,6,8,10H2,1-3H3,(H,21,22). The van der Waals surface area contributed by atoms with Gasteiger partial charge in [-0.25, -0.2) is 0 Å². The maximum atomic E-state index is 13.0. The summed E-state index contributed by atoms with van der Waals surface area (Å²) in [6.45, 7) is 4.19. The zero-order chi connectivity index (χ0) is 17.9. The van der Waals surface area contributed by atoms with Gasteiger partial charge in [-0.15, -0.1) is 0 Å². The molecule has 0 atom stereocenters. The van der Waals surface area contributed by atoms with E-state index in [0.717, 1.165) is 23.0 Å². The number of rotatable bonds is 5. The average Bonchev–Trinajstić information content (AvgIpc) is 2.85. The van der Waals surface area contributed by atoms with Crippen molar-refractivity contribution >= 4 is 5.91 Å². The van der Waals surface area contributed by atoms with Crippen molar-refractivity contribution in [2.24, 2.45) is 0 Å². The molecule has 0 saturated carbocycles. The third-order valence-corrected chi connectivity index (χ3v) is 4.01. The van der Waals surface area contributed by atoms with Crippen LogP contribution in [-0.2, 0) is 12.6 Å². The van der Waals surface area contributed by atoms with Gasteiger partial charge in [-0.05, 0) is 44.4 Å². The minimum atomic E-state index is -4.54. The Hall–Kier alpha value is -2.31. The van der Waals surface area contributed by atoms with Gasteiger partial charge in [0.25, 0.3) is 5.91 Å². The number of hydrogen-bond donors (Lipinski definition) is 1. The van der Waals surface area contributed by atoms with Gasteiger partial charge >= 0.3 is 6.18 Å². The van der Waals surface area contributed by atoms with Crippen LogP contribution in [0, 0.1) is 13.8 Å². The Bertz CT molecular complexity index is 703. The van der Waals surface area contributed by atoms with E-state index in [1.807, 2.05) is 13.8 Å². The number of carbonyl (C=O) groups excluding carboxylic acids is 1. The molecule has 1 amide bonds. The summed E-state index contributed by atoms with van der Waals surface area (Å²) in [5.74, 6) is -0.622. The first-order valence-corrected chi connectivity index (χ1v) is 7.64. The van der Waals surface area contributed by atoms with Gasteiger partial charge in [0.2, 0.25) is 0 Å². The molecule has 1 heterocycles. The number of aromatic amines is 1. The van der Waals surface area contributed by atoms with Crippen LogP contribution in [0.25, 0.3) is 0 Å². The molecule has 0 unspecified atom stereocenters. The molecule has 0 aliphatic heterocycles. The number of benzene rings is 1. The fraction of sp³-hybridized carbons (Fsp3) is 0.412. The molecule has 0 spiro atoms. The van der Waals surface area contributed by atoms with Gasteiger partial charge in [-0.3, -0.25) is 9.89 Å². The monoisotopic (exact) mass is 339 g/mol. The number of halogens is 3. The number of alkyl halides is 3. The third kappa shape index (κ3) is 3.96. The zero-order valence-electron chi connectivity index (χ0n) is 13.9. The minimum Gasteiger partial charge on any atom is -0.342 e. The quantitative estimate of drug-likeness (QED) is 0.902. The van der Waals surface area contributed by atoms with E-state index in [1.165, 1.54) is 30.1 Å². The Kier molecular flexibility index (Phi) is 5.31. The van der Waals surface area contributed by atoms with Gasteiger partial charge < -0.3 is 4.90 Å². The third-order valence-electron chi connectivity index (χ3n) is 4.01. The van der Waals surface area contributed by atoms with Crippen molar-refractivity contribution < 1.29 is 18.0 Å². The van der Waals surface area contributed by atoms with Crippen LogP contribution >= 0.6 is 0 Å². The van der Waals surface area contributed by atoms with Gasteiger partial charge in [-0.2, -0.15) is 18.3 Å². The Balaban J connectivity index is 2.03. The summed E-state index contributed by atoms with van der Waals surface area (Å²) >= 11 is 0. The van der Waals surface area contributed by atoms with Crippen LogP contribution in [0.4, 0.5) is 13.2 Å². The SMILES string of the molecule is Cc1n[nH]c(C)c1CCCN(C)C(=O)c1ccccc1C(F)(F)F. The molecule has 1 aromatic carbocycles. The van der Waals surface area contributed by atoms with Gasteiger partial charge in [0.1, 0.15) is 0 Å². The lowest BCUT2D eigenvalue weighted by Crippen LogP contribution is -2.30. The maximum Gasteiger partial charge on any atom is 0.417 e. The fourth-order valence-electron chi connectivity index (χ4n) is 2.66. The highest BCUT2D eigenvalue weighted by Gasteiger charge is 2.35. The van der Waals surface area contributed by atoms with E-state index < -0.39 is 17.6 Å². The van der Waals surface area contributed by atoms with E-state index in [2.05, 4.69) is 10.2 Å². The normalized spacial score (nSPS) is 11.6. The van der Waals surface area contributed by atoms with Crippen LogP contribution < -0.4 is 0 Å².